The first-order chi connectivity index (χ1) is 12.1. The largest absolute Gasteiger partial charge is 0.363 e. The van der Waals surface area contributed by atoms with E-state index in [1.54, 1.807) is 12.3 Å². The first kappa shape index (κ1) is 16.7. The van der Waals surface area contributed by atoms with Crippen LogP contribution in [0.4, 0.5) is 5.82 Å². The molecule has 0 fully saturated rings. The summed E-state index contributed by atoms with van der Waals surface area (Å²) in [5, 5.41) is 3.12. The second-order valence-corrected chi connectivity index (χ2v) is 6.03. The number of benzene rings is 2. The third-order valence-corrected chi connectivity index (χ3v) is 4.01. The molecule has 3 rings (SSSR count). The summed E-state index contributed by atoms with van der Waals surface area (Å²) >= 11 is 0. The Balaban J connectivity index is 1.86. The van der Waals surface area contributed by atoms with Crippen molar-refractivity contribution in [2.75, 3.05) is 19.0 Å². The molecule has 1 heterocycles. The molecule has 1 amide bonds. The van der Waals surface area contributed by atoms with Gasteiger partial charge in [0.2, 0.25) is 0 Å². The normalized spacial score (nSPS) is 10.5. The lowest BCUT2D eigenvalue weighted by atomic mass is 9.98. The number of nitrogens with one attached hydrogen (secondary N) is 1. The van der Waals surface area contributed by atoms with Crippen LogP contribution in [0.25, 0.3) is 0 Å². The van der Waals surface area contributed by atoms with Crippen LogP contribution in [-0.2, 0) is 0 Å². The van der Waals surface area contributed by atoms with E-state index in [2.05, 4.69) is 10.3 Å². The Morgan fingerprint density at radius 2 is 1.44 bits per heavy atom. The zero-order valence-corrected chi connectivity index (χ0v) is 14.4. The van der Waals surface area contributed by atoms with E-state index in [-0.39, 0.29) is 11.9 Å². The second kappa shape index (κ2) is 7.62. The lowest BCUT2D eigenvalue weighted by Crippen LogP contribution is -2.29. The van der Waals surface area contributed by atoms with Gasteiger partial charge in [-0.15, -0.1) is 0 Å². The molecule has 4 nitrogen and oxygen atoms in total. The fourth-order valence-corrected chi connectivity index (χ4v) is 2.65. The summed E-state index contributed by atoms with van der Waals surface area (Å²) in [4.78, 5) is 18.9. The van der Waals surface area contributed by atoms with Crippen LogP contribution in [0.1, 0.15) is 27.5 Å². The first-order valence-electron chi connectivity index (χ1n) is 8.19. The van der Waals surface area contributed by atoms with Gasteiger partial charge in [-0.1, -0.05) is 60.7 Å². The molecule has 0 bridgehead atoms. The predicted molar refractivity (Wildman–Crippen MR) is 101 cm³/mol. The number of hydrogen-bond donors (Lipinski definition) is 1. The molecule has 1 N–H and O–H groups in total. The zero-order valence-electron chi connectivity index (χ0n) is 14.4. The molecule has 25 heavy (non-hydrogen) atoms. The number of carbonyl (C=O) groups excluding carboxylic acids is 1. The monoisotopic (exact) mass is 331 g/mol. The van der Waals surface area contributed by atoms with Crippen molar-refractivity contribution in [3.05, 3.63) is 95.7 Å². The summed E-state index contributed by atoms with van der Waals surface area (Å²) < 4.78 is 0. The summed E-state index contributed by atoms with van der Waals surface area (Å²) in [5.74, 6) is 0.676. The molecule has 3 aromatic rings. The van der Waals surface area contributed by atoms with Crippen molar-refractivity contribution in [3.63, 3.8) is 0 Å². The molecule has 0 atom stereocenters. The van der Waals surface area contributed by atoms with E-state index < -0.39 is 0 Å². The van der Waals surface area contributed by atoms with Gasteiger partial charge in [-0.05, 0) is 23.3 Å². The first-order valence-corrected chi connectivity index (χ1v) is 8.19. The van der Waals surface area contributed by atoms with Crippen LogP contribution in [0.15, 0.2) is 79.0 Å². The summed E-state index contributed by atoms with van der Waals surface area (Å²) in [6.07, 6.45) is 1.61. The van der Waals surface area contributed by atoms with E-state index in [0.717, 1.165) is 16.9 Å². The average Bonchev–Trinajstić information content (AvgIpc) is 2.67. The highest BCUT2D eigenvalue weighted by atomic mass is 16.1. The number of nitrogens with zero attached hydrogens (tertiary/aromatic N) is 2. The van der Waals surface area contributed by atoms with Crippen molar-refractivity contribution in [3.8, 4) is 0 Å². The van der Waals surface area contributed by atoms with Crippen molar-refractivity contribution < 1.29 is 4.79 Å². The molecule has 0 unspecified atom stereocenters. The zero-order chi connectivity index (χ0) is 17.6. The van der Waals surface area contributed by atoms with Gasteiger partial charge in [0.25, 0.3) is 5.91 Å². The van der Waals surface area contributed by atoms with Gasteiger partial charge in [0.15, 0.2) is 0 Å². The average molecular weight is 331 g/mol. The Morgan fingerprint density at radius 3 is 1.88 bits per heavy atom. The van der Waals surface area contributed by atoms with Crippen molar-refractivity contribution in [2.24, 2.45) is 0 Å². The Hall–Kier alpha value is -3.14. The standard InChI is InChI=1S/C21H21N3O/c1-24(2)19-14-13-18(15-22-19)21(25)23-20(16-9-5-3-6-10-16)17-11-7-4-8-12-17/h3-15,20H,1-2H3,(H,23,25). The number of rotatable bonds is 5. The van der Waals surface area contributed by atoms with Crippen LogP contribution < -0.4 is 10.2 Å². The Bertz CT molecular complexity index is 775. The molecule has 1 aromatic heterocycles. The van der Waals surface area contributed by atoms with Gasteiger partial charge in [0.1, 0.15) is 5.82 Å². The highest BCUT2D eigenvalue weighted by Crippen LogP contribution is 2.22. The summed E-state index contributed by atoms with van der Waals surface area (Å²) in [7, 11) is 3.84. The molecule has 0 spiro atoms. The van der Waals surface area contributed by atoms with Crippen LogP contribution in [0.2, 0.25) is 0 Å². The fourth-order valence-electron chi connectivity index (χ4n) is 2.65. The van der Waals surface area contributed by atoms with E-state index in [9.17, 15) is 4.79 Å². The van der Waals surface area contributed by atoms with Crippen molar-refractivity contribution >= 4 is 11.7 Å². The minimum absolute atomic E-state index is 0.143. The number of amides is 1. The van der Waals surface area contributed by atoms with Crippen LogP contribution in [0.5, 0.6) is 0 Å². The van der Waals surface area contributed by atoms with Gasteiger partial charge in [0, 0.05) is 20.3 Å². The molecular formula is C21H21N3O. The molecule has 126 valence electrons. The van der Waals surface area contributed by atoms with Crippen LogP contribution in [0.3, 0.4) is 0 Å². The van der Waals surface area contributed by atoms with Crippen LogP contribution in [0, 0.1) is 0 Å². The maximum atomic E-state index is 12.7. The Kier molecular flexibility index (Phi) is 5.09. The smallest absolute Gasteiger partial charge is 0.253 e. The summed E-state index contributed by atoms with van der Waals surface area (Å²) in [6.45, 7) is 0. The molecule has 0 aliphatic heterocycles. The van der Waals surface area contributed by atoms with Gasteiger partial charge >= 0.3 is 0 Å². The molecule has 0 saturated carbocycles. The Labute approximate surface area is 148 Å². The minimum atomic E-state index is -0.205. The van der Waals surface area contributed by atoms with Crippen LogP contribution >= 0.6 is 0 Å². The summed E-state index contributed by atoms with van der Waals surface area (Å²) in [5.41, 5.74) is 2.63. The van der Waals surface area contributed by atoms with Gasteiger partial charge < -0.3 is 10.2 Å². The van der Waals surface area contributed by atoms with Gasteiger partial charge in [-0.25, -0.2) is 4.98 Å². The number of hydrogen-bond acceptors (Lipinski definition) is 3. The second-order valence-electron chi connectivity index (χ2n) is 6.03. The fraction of sp³-hybridized carbons (Fsp3) is 0.143. The summed E-state index contributed by atoms with van der Waals surface area (Å²) in [6, 6.07) is 23.4. The predicted octanol–water partition coefficient (Wildman–Crippen LogP) is 3.67. The third kappa shape index (κ3) is 4.04. The van der Waals surface area contributed by atoms with Gasteiger partial charge in [-0.2, -0.15) is 0 Å². The lowest BCUT2D eigenvalue weighted by molar-refractivity contribution is 0.0942. The topological polar surface area (TPSA) is 45.2 Å². The van der Waals surface area contributed by atoms with Gasteiger partial charge in [0.05, 0.1) is 11.6 Å². The third-order valence-electron chi connectivity index (χ3n) is 4.01. The molecule has 0 aliphatic carbocycles. The molecule has 0 radical (unpaired) electrons. The molecule has 0 aliphatic rings. The number of anilines is 1. The highest BCUT2D eigenvalue weighted by Gasteiger charge is 2.17. The lowest BCUT2D eigenvalue weighted by Gasteiger charge is -2.20. The molecule has 0 saturated heterocycles. The number of pyridine rings is 1. The highest BCUT2D eigenvalue weighted by molar-refractivity contribution is 5.94. The maximum absolute atomic E-state index is 12.7. The minimum Gasteiger partial charge on any atom is -0.363 e. The van der Waals surface area contributed by atoms with E-state index in [0.29, 0.717) is 5.56 Å². The Morgan fingerprint density at radius 1 is 0.880 bits per heavy atom. The number of aromatic nitrogens is 1. The molecule has 4 heteroatoms. The van der Waals surface area contributed by atoms with E-state index in [1.165, 1.54) is 0 Å². The van der Waals surface area contributed by atoms with E-state index in [1.807, 2.05) is 85.7 Å². The molecular weight excluding hydrogens is 310 g/mol. The molecule has 2 aromatic carbocycles. The van der Waals surface area contributed by atoms with Gasteiger partial charge in [-0.3, -0.25) is 4.79 Å². The van der Waals surface area contributed by atoms with Crippen LogP contribution in [-0.4, -0.2) is 25.0 Å². The van der Waals surface area contributed by atoms with E-state index in [4.69, 9.17) is 0 Å². The SMILES string of the molecule is CN(C)c1ccc(C(=O)NC(c2ccccc2)c2ccccc2)cn1. The quantitative estimate of drug-likeness (QED) is 0.776. The van der Waals surface area contributed by atoms with Crippen molar-refractivity contribution in [1.82, 2.24) is 10.3 Å². The maximum Gasteiger partial charge on any atom is 0.253 e. The number of carbonyl (C=O) groups is 1. The van der Waals surface area contributed by atoms with Crippen molar-refractivity contribution in [2.45, 2.75) is 6.04 Å². The van der Waals surface area contributed by atoms with Crippen molar-refractivity contribution in [1.29, 1.82) is 0 Å². The van der Waals surface area contributed by atoms with E-state index >= 15 is 0 Å².